The monoisotopic (exact) mass is 544 g/mol. The predicted molar refractivity (Wildman–Crippen MR) is 140 cm³/mol. The van der Waals surface area contributed by atoms with Gasteiger partial charge in [-0.05, 0) is 62.8 Å². The summed E-state index contributed by atoms with van der Waals surface area (Å²) in [7, 11) is 0. The minimum Gasteiger partial charge on any atom is -0.406 e. The first-order valence-corrected chi connectivity index (χ1v) is 13.1. The molecule has 1 aliphatic carbocycles. The minimum atomic E-state index is -4.73. The van der Waals surface area contributed by atoms with Crippen molar-refractivity contribution >= 4 is 33.3 Å². The number of hydrogen-bond acceptors (Lipinski definition) is 9. The fraction of sp³-hybridized carbons (Fsp3) is 0.385. The molecular weight excluding hydrogens is 517 g/mol. The first-order chi connectivity index (χ1) is 18.1. The van der Waals surface area contributed by atoms with E-state index < -0.39 is 6.36 Å². The van der Waals surface area contributed by atoms with Crippen molar-refractivity contribution in [2.24, 2.45) is 5.92 Å². The average Bonchev–Trinajstić information content (AvgIpc) is 3.49. The number of pyridine rings is 1. The van der Waals surface area contributed by atoms with Crippen LogP contribution >= 0.6 is 11.3 Å². The Hall–Kier alpha value is -3.51. The molecule has 0 radical (unpaired) electrons. The fourth-order valence-electron chi connectivity index (χ4n) is 4.67. The van der Waals surface area contributed by atoms with Gasteiger partial charge in [-0.3, -0.25) is 4.98 Å². The van der Waals surface area contributed by atoms with Crippen LogP contribution in [0.2, 0.25) is 0 Å². The van der Waals surface area contributed by atoms with E-state index in [9.17, 15) is 18.3 Å². The number of fused-ring (bicyclic) bond motifs is 1. The number of alkyl halides is 3. The van der Waals surface area contributed by atoms with E-state index in [0.29, 0.717) is 18.3 Å². The van der Waals surface area contributed by atoms with E-state index in [0.717, 1.165) is 51.3 Å². The Balaban J connectivity index is 1.40. The number of aryl methyl sites for hydroxylation is 1. The molecule has 0 saturated heterocycles. The molecule has 38 heavy (non-hydrogen) atoms. The number of hydrogen-bond donors (Lipinski definition) is 3. The van der Waals surface area contributed by atoms with Crippen LogP contribution in [0, 0.1) is 12.8 Å². The van der Waals surface area contributed by atoms with Crippen molar-refractivity contribution in [1.82, 2.24) is 19.9 Å². The highest BCUT2D eigenvalue weighted by atomic mass is 32.1. The van der Waals surface area contributed by atoms with E-state index in [2.05, 4.69) is 25.3 Å². The van der Waals surface area contributed by atoms with Crippen LogP contribution in [-0.2, 0) is 6.54 Å². The van der Waals surface area contributed by atoms with E-state index in [1.54, 1.807) is 24.5 Å². The summed E-state index contributed by atoms with van der Waals surface area (Å²) in [6.07, 6.45) is 1.04. The quantitative estimate of drug-likeness (QED) is 0.251. The molecule has 0 aliphatic heterocycles. The maximum atomic E-state index is 12.4. The molecule has 1 fully saturated rings. The fourth-order valence-corrected chi connectivity index (χ4v) is 5.70. The number of aliphatic hydroxyl groups excluding tert-OH is 1. The summed E-state index contributed by atoms with van der Waals surface area (Å²) in [6, 6.07) is 7.72. The molecule has 3 heterocycles. The summed E-state index contributed by atoms with van der Waals surface area (Å²) in [5.74, 6) is 0.992. The number of benzene rings is 1. The first kappa shape index (κ1) is 26.1. The van der Waals surface area contributed by atoms with Crippen molar-refractivity contribution in [3.63, 3.8) is 0 Å². The van der Waals surface area contributed by atoms with Crippen LogP contribution < -0.4 is 15.4 Å². The highest BCUT2D eigenvalue weighted by molar-refractivity contribution is 7.21. The normalized spacial score (nSPS) is 18.5. The molecule has 1 aliphatic rings. The number of nitrogens with zero attached hydrogens (tertiary/aromatic N) is 4. The van der Waals surface area contributed by atoms with Crippen LogP contribution in [-0.4, -0.2) is 43.6 Å². The van der Waals surface area contributed by atoms with Crippen LogP contribution in [0.3, 0.4) is 0 Å². The van der Waals surface area contributed by atoms with E-state index in [4.69, 9.17) is 9.97 Å². The third-order valence-electron chi connectivity index (χ3n) is 6.60. The van der Waals surface area contributed by atoms with Gasteiger partial charge in [0.1, 0.15) is 22.1 Å². The molecule has 3 aromatic heterocycles. The molecule has 1 unspecified atom stereocenters. The molecule has 12 heteroatoms. The maximum Gasteiger partial charge on any atom is 0.573 e. The topological polar surface area (TPSA) is 105 Å². The SMILES string of the molecule is Cc1nc(NCc2ccc(OC(F)(F)F)cc2)nc(N[C@H]2CC[C@@H](C(C)O)C2)c1-c1nc2cnccc2s1. The van der Waals surface area contributed by atoms with Gasteiger partial charge in [-0.15, -0.1) is 24.5 Å². The molecule has 3 atom stereocenters. The Morgan fingerprint density at radius 1 is 1.13 bits per heavy atom. The molecule has 0 bridgehead atoms. The van der Waals surface area contributed by atoms with E-state index in [1.807, 2.05) is 19.9 Å². The van der Waals surface area contributed by atoms with Crippen molar-refractivity contribution in [2.75, 3.05) is 10.6 Å². The van der Waals surface area contributed by atoms with Crippen molar-refractivity contribution < 1.29 is 23.0 Å². The van der Waals surface area contributed by atoms with Gasteiger partial charge in [0.05, 0.1) is 28.3 Å². The van der Waals surface area contributed by atoms with Gasteiger partial charge in [-0.1, -0.05) is 12.1 Å². The van der Waals surface area contributed by atoms with Crippen molar-refractivity contribution in [3.05, 3.63) is 54.0 Å². The third-order valence-corrected chi connectivity index (χ3v) is 7.65. The molecule has 0 spiro atoms. The van der Waals surface area contributed by atoms with Crippen LogP contribution in [0.4, 0.5) is 24.9 Å². The summed E-state index contributed by atoms with van der Waals surface area (Å²) >= 11 is 1.54. The molecule has 1 saturated carbocycles. The zero-order valence-electron chi connectivity index (χ0n) is 20.8. The lowest BCUT2D eigenvalue weighted by atomic mass is 10.0. The van der Waals surface area contributed by atoms with E-state index in [-0.39, 0.29) is 23.8 Å². The zero-order valence-corrected chi connectivity index (χ0v) is 21.6. The molecular formula is C26H27F3N6O2S. The van der Waals surface area contributed by atoms with Crippen molar-refractivity contribution in [3.8, 4) is 16.3 Å². The Kier molecular flexibility index (Phi) is 7.35. The molecule has 200 valence electrons. The van der Waals surface area contributed by atoms with Gasteiger partial charge < -0.3 is 20.5 Å². The summed E-state index contributed by atoms with van der Waals surface area (Å²) < 4.78 is 42.2. The van der Waals surface area contributed by atoms with Gasteiger partial charge >= 0.3 is 6.36 Å². The van der Waals surface area contributed by atoms with Gasteiger partial charge in [-0.25, -0.2) is 9.97 Å². The second-order valence-corrected chi connectivity index (χ2v) is 10.4. The molecule has 5 rings (SSSR count). The van der Waals surface area contributed by atoms with Crippen LogP contribution in [0.25, 0.3) is 20.8 Å². The van der Waals surface area contributed by atoms with E-state index in [1.165, 1.54) is 23.5 Å². The van der Waals surface area contributed by atoms with Crippen LogP contribution in [0.5, 0.6) is 5.75 Å². The Morgan fingerprint density at radius 2 is 1.92 bits per heavy atom. The summed E-state index contributed by atoms with van der Waals surface area (Å²) in [4.78, 5) is 18.4. The number of anilines is 2. The Bertz CT molecular complexity index is 1380. The molecule has 8 nitrogen and oxygen atoms in total. The summed E-state index contributed by atoms with van der Waals surface area (Å²) in [5, 5.41) is 17.6. The average molecular weight is 545 g/mol. The van der Waals surface area contributed by atoms with Gasteiger partial charge in [-0.2, -0.15) is 4.98 Å². The number of halogens is 3. The summed E-state index contributed by atoms with van der Waals surface area (Å²) in [6.45, 7) is 4.03. The smallest absolute Gasteiger partial charge is 0.406 e. The van der Waals surface area contributed by atoms with Gasteiger partial charge in [0.25, 0.3) is 0 Å². The first-order valence-electron chi connectivity index (χ1n) is 12.3. The van der Waals surface area contributed by atoms with Gasteiger partial charge in [0.15, 0.2) is 0 Å². The van der Waals surface area contributed by atoms with Gasteiger partial charge in [0.2, 0.25) is 5.95 Å². The number of aliphatic hydroxyl groups is 1. The predicted octanol–water partition coefficient (Wildman–Crippen LogP) is 5.93. The molecule has 3 N–H and O–H groups in total. The highest BCUT2D eigenvalue weighted by Gasteiger charge is 2.31. The van der Waals surface area contributed by atoms with Gasteiger partial charge in [0, 0.05) is 18.8 Å². The second kappa shape index (κ2) is 10.7. The number of aromatic nitrogens is 4. The zero-order chi connectivity index (χ0) is 26.9. The van der Waals surface area contributed by atoms with Crippen molar-refractivity contribution in [2.45, 2.75) is 58.2 Å². The van der Waals surface area contributed by atoms with E-state index >= 15 is 0 Å². The summed E-state index contributed by atoms with van der Waals surface area (Å²) in [5.41, 5.74) is 3.09. The number of nitrogens with one attached hydrogen (secondary N) is 2. The standard InChI is InChI=1S/C26H27F3N6O2S/c1-14-22(24-34-20-13-30-10-9-21(20)38-24)23(33-18-6-5-17(11-18)15(2)36)35-25(32-14)31-12-16-3-7-19(8-4-16)37-26(27,28)29/h3-4,7-10,13,15,17-18,36H,5-6,11-12H2,1-2H3,(H2,31,32,33,35)/t15?,17-,18+/m1/s1. The number of ether oxygens (including phenoxy) is 1. The number of thiazole rings is 1. The third kappa shape index (κ3) is 6.13. The molecule has 0 amide bonds. The largest absolute Gasteiger partial charge is 0.573 e. The van der Waals surface area contributed by atoms with Crippen LogP contribution in [0.1, 0.15) is 37.4 Å². The lowest BCUT2D eigenvalue weighted by molar-refractivity contribution is -0.274. The lowest BCUT2D eigenvalue weighted by Crippen LogP contribution is -2.21. The van der Waals surface area contributed by atoms with Crippen LogP contribution in [0.15, 0.2) is 42.7 Å². The molecule has 4 aromatic rings. The lowest BCUT2D eigenvalue weighted by Gasteiger charge is -2.19. The van der Waals surface area contributed by atoms with Crippen molar-refractivity contribution in [1.29, 1.82) is 0 Å². The minimum absolute atomic E-state index is 0.146. The second-order valence-electron chi connectivity index (χ2n) is 9.42. The number of rotatable bonds is 8. The molecule has 1 aromatic carbocycles. The highest BCUT2D eigenvalue weighted by Crippen LogP contribution is 2.38. The Labute approximate surface area is 221 Å². The Morgan fingerprint density at radius 3 is 2.61 bits per heavy atom. The maximum absolute atomic E-state index is 12.4.